The molecule has 2 aromatic carbocycles. The molecule has 1 saturated heterocycles. The Bertz CT molecular complexity index is 966. The maximum absolute atomic E-state index is 12.6. The zero-order valence-electron chi connectivity index (χ0n) is 15.3. The number of hydrogen-bond donors (Lipinski definition) is 2. The van der Waals surface area contributed by atoms with Crippen LogP contribution in [0.4, 0.5) is 5.69 Å². The van der Waals surface area contributed by atoms with Crippen LogP contribution in [0.2, 0.25) is 5.02 Å². The van der Waals surface area contributed by atoms with E-state index in [1.54, 1.807) is 12.1 Å². The predicted octanol–water partition coefficient (Wildman–Crippen LogP) is 5.45. The van der Waals surface area contributed by atoms with Crippen molar-refractivity contribution in [1.82, 2.24) is 5.32 Å². The Morgan fingerprint density at radius 1 is 1.07 bits per heavy atom. The summed E-state index contributed by atoms with van der Waals surface area (Å²) < 4.78 is 6.27. The normalized spacial score (nSPS) is 14.6. The Hall–Kier alpha value is -2.34. The average molecular weight is 413 g/mol. The van der Waals surface area contributed by atoms with Crippen molar-refractivity contribution in [2.24, 2.45) is 0 Å². The second-order valence-electron chi connectivity index (χ2n) is 6.69. The molecular formula is C22H21ClN2O2S. The van der Waals surface area contributed by atoms with Gasteiger partial charge in [0, 0.05) is 21.2 Å². The molecule has 3 aromatic rings. The zero-order chi connectivity index (χ0) is 19.3. The quantitative estimate of drug-likeness (QED) is 0.585. The fraction of sp³-hybridized carbons (Fsp3) is 0.227. The topological polar surface area (TPSA) is 50.4 Å². The van der Waals surface area contributed by atoms with Crippen LogP contribution < -0.4 is 15.4 Å². The van der Waals surface area contributed by atoms with Crippen molar-refractivity contribution < 1.29 is 9.53 Å². The van der Waals surface area contributed by atoms with E-state index >= 15 is 0 Å². The van der Waals surface area contributed by atoms with E-state index in [4.69, 9.17) is 16.3 Å². The van der Waals surface area contributed by atoms with Crippen LogP contribution in [0.5, 0.6) is 5.75 Å². The van der Waals surface area contributed by atoms with Crippen molar-refractivity contribution in [3.63, 3.8) is 0 Å². The summed E-state index contributed by atoms with van der Waals surface area (Å²) in [6.07, 6.45) is 2.24. The van der Waals surface area contributed by atoms with Crippen molar-refractivity contribution in [2.45, 2.75) is 18.9 Å². The molecule has 1 amide bonds. The summed E-state index contributed by atoms with van der Waals surface area (Å²) in [5.74, 6) is 0.730. The van der Waals surface area contributed by atoms with Crippen LogP contribution in [-0.2, 0) is 0 Å². The fourth-order valence-electron chi connectivity index (χ4n) is 3.23. The standard InChI is InChI=1S/C22H21ClN2O2S/c23-15-4-3-5-16(14-15)25-22(26)21-9-8-20(28-21)18-6-1-2-7-19(18)27-17-10-12-24-13-11-17/h1-9,14,17,24H,10-13H2,(H,25,26). The molecule has 1 aliphatic heterocycles. The number of amides is 1. The molecule has 0 radical (unpaired) electrons. The molecule has 2 heterocycles. The highest BCUT2D eigenvalue weighted by molar-refractivity contribution is 7.17. The lowest BCUT2D eigenvalue weighted by molar-refractivity contribution is 0.103. The molecule has 0 unspecified atom stereocenters. The molecule has 0 aliphatic carbocycles. The smallest absolute Gasteiger partial charge is 0.265 e. The molecule has 0 spiro atoms. The number of thiophene rings is 1. The maximum Gasteiger partial charge on any atom is 0.265 e. The SMILES string of the molecule is O=C(Nc1cccc(Cl)c1)c1ccc(-c2ccccc2OC2CCNCC2)s1. The van der Waals surface area contributed by atoms with Crippen LogP contribution in [-0.4, -0.2) is 25.1 Å². The van der Waals surface area contributed by atoms with Gasteiger partial charge in [-0.2, -0.15) is 0 Å². The van der Waals surface area contributed by atoms with Gasteiger partial charge in [-0.25, -0.2) is 0 Å². The van der Waals surface area contributed by atoms with E-state index in [1.165, 1.54) is 11.3 Å². The number of carbonyl (C=O) groups excluding carboxylic acids is 1. The molecule has 1 aliphatic rings. The summed E-state index contributed by atoms with van der Waals surface area (Å²) in [7, 11) is 0. The number of piperidine rings is 1. The first-order chi connectivity index (χ1) is 13.7. The molecule has 28 heavy (non-hydrogen) atoms. The minimum absolute atomic E-state index is 0.143. The number of ether oxygens (including phenoxy) is 1. The van der Waals surface area contributed by atoms with Gasteiger partial charge in [0.05, 0.1) is 4.88 Å². The summed E-state index contributed by atoms with van der Waals surface area (Å²) in [6, 6.07) is 19.0. The van der Waals surface area contributed by atoms with Gasteiger partial charge in [-0.1, -0.05) is 29.8 Å². The van der Waals surface area contributed by atoms with E-state index in [9.17, 15) is 4.79 Å². The molecule has 4 nitrogen and oxygen atoms in total. The van der Waals surface area contributed by atoms with Crippen LogP contribution in [0.1, 0.15) is 22.5 Å². The first kappa shape index (κ1) is 19.0. The number of anilines is 1. The van der Waals surface area contributed by atoms with Gasteiger partial charge >= 0.3 is 0 Å². The van der Waals surface area contributed by atoms with E-state index in [-0.39, 0.29) is 12.0 Å². The number of carbonyl (C=O) groups is 1. The van der Waals surface area contributed by atoms with Crippen molar-refractivity contribution >= 4 is 34.5 Å². The highest BCUT2D eigenvalue weighted by Gasteiger charge is 2.18. The fourth-order valence-corrected chi connectivity index (χ4v) is 4.35. The summed E-state index contributed by atoms with van der Waals surface area (Å²) >= 11 is 7.45. The minimum Gasteiger partial charge on any atom is -0.490 e. The summed E-state index contributed by atoms with van der Waals surface area (Å²) in [4.78, 5) is 14.2. The van der Waals surface area contributed by atoms with E-state index in [2.05, 4.69) is 10.6 Å². The second kappa shape index (κ2) is 8.78. The Morgan fingerprint density at radius 2 is 1.89 bits per heavy atom. The molecule has 144 valence electrons. The van der Waals surface area contributed by atoms with Gasteiger partial charge in [0.2, 0.25) is 0 Å². The Morgan fingerprint density at radius 3 is 2.71 bits per heavy atom. The number of halogens is 1. The van der Waals surface area contributed by atoms with Gasteiger partial charge < -0.3 is 15.4 Å². The van der Waals surface area contributed by atoms with Crippen molar-refractivity contribution in [3.8, 4) is 16.2 Å². The van der Waals surface area contributed by atoms with Crippen molar-refractivity contribution in [2.75, 3.05) is 18.4 Å². The van der Waals surface area contributed by atoms with Gasteiger partial charge in [-0.15, -0.1) is 11.3 Å². The molecule has 1 fully saturated rings. The zero-order valence-corrected chi connectivity index (χ0v) is 16.9. The highest BCUT2D eigenvalue weighted by atomic mass is 35.5. The highest BCUT2D eigenvalue weighted by Crippen LogP contribution is 2.36. The summed E-state index contributed by atoms with van der Waals surface area (Å²) in [5, 5.41) is 6.84. The lowest BCUT2D eigenvalue weighted by Gasteiger charge is -2.24. The maximum atomic E-state index is 12.6. The average Bonchev–Trinajstić information content (AvgIpc) is 3.19. The summed E-state index contributed by atoms with van der Waals surface area (Å²) in [5.41, 5.74) is 1.70. The number of nitrogens with one attached hydrogen (secondary N) is 2. The first-order valence-electron chi connectivity index (χ1n) is 9.32. The Labute approximate surface area is 173 Å². The number of rotatable bonds is 5. The van der Waals surface area contributed by atoms with Crippen LogP contribution in [0.25, 0.3) is 10.4 Å². The number of benzene rings is 2. The van der Waals surface area contributed by atoms with Gasteiger partial charge in [-0.3, -0.25) is 4.79 Å². The van der Waals surface area contributed by atoms with Crippen molar-refractivity contribution in [3.05, 3.63) is 70.6 Å². The molecular weight excluding hydrogens is 392 g/mol. The van der Waals surface area contributed by atoms with E-state index < -0.39 is 0 Å². The third-order valence-electron chi connectivity index (χ3n) is 4.64. The molecule has 0 atom stereocenters. The van der Waals surface area contributed by atoms with Crippen LogP contribution >= 0.6 is 22.9 Å². The van der Waals surface area contributed by atoms with Gasteiger partial charge in [0.15, 0.2) is 0 Å². The number of hydrogen-bond acceptors (Lipinski definition) is 4. The van der Waals surface area contributed by atoms with Crippen LogP contribution in [0.15, 0.2) is 60.7 Å². The monoisotopic (exact) mass is 412 g/mol. The van der Waals surface area contributed by atoms with Crippen molar-refractivity contribution in [1.29, 1.82) is 0 Å². The Kier molecular flexibility index (Phi) is 5.95. The molecule has 0 saturated carbocycles. The van der Waals surface area contributed by atoms with E-state index in [0.29, 0.717) is 15.6 Å². The predicted molar refractivity (Wildman–Crippen MR) is 116 cm³/mol. The molecule has 4 rings (SSSR count). The van der Waals surface area contributed by atoms with E-state index in [1.807, 2.05) is 48.5 Å². The van der Waals surface area contributed by atoms with Gasteiger partial charge in [-0.05, 0) is 68.4 Å². The lowest BCUT2D eigenvalue weighted by atomic mass is 10.1. The molecule has 6 heteroatoms. The third kappa shape index (κ3) is 4.55. The van der Waals surface area contributed by atoms with Gasteiger partial charge in [0.1, 0.15) is 11.9 Å². The lowest BCUT2D eigenvalue weighted by Crippen LogP contribution is -2.34. The second-order valence-corrected chi connectivity index (χ2v) is 8.21. The minimum atomic E-state index is -0.143. The van der Waals surface area contributed by atoms with Gasteiger partial charge in [0.25, 0.3) is 5.91 Å². The third-order valence-corrected chi connectivity index (χ3v) is 6.00. The summed E-state index contributed by atoms with van der Waals surface area (Å²) in [6.45, 7) is 1.97. The Balaban J connectivity index is 1.51. The number of para-hydroxylation sites is 1. The molecule has 0 bridgehead atoms. The first-order valence-corrected chi connectivity index (χ1v) is 10.5. The largest absolute Gasteiger partial charge is 0.490 e. The molecule has 1 aromatic heterocycles. The molecule has 2 N–H and O–H groups in total. The van der Waals surface area contributed by atoms with E-state index in [0.717, 1.165) is 42.1 Å². The van der Waals surface area contributed by atoms with Crippen LogP contribution in [0.3, 0.4) is 0 Å². The van der Waals surface area contributed by atoms with Crippen LogP contribution in [0, 0.1) is 0 Å².